The number of unbranched alkanes of at least 4 members (excludes halogenated alkanes) is 1. The van der Waals surface area contributed by atoms with E-state index in [1.54, 1.807) is 19.2 Å². The predicted molar refractivity (Wildman–Crippen MR) is 112 cm³/mol. The molecule has 0 spiro atoms. The lowest BCUT2D eigenvalue weighted by atomic mass is 10.1. The Balaban J connectivity index is 1.31. The highest BCUT2D eigenvalue weighted by Crippen LogP contribution is 2.23. The molecule has 1 unspecified atom stereocenters. The Morgan fingerprint density at radius 1 is 1.07 bits per heavy atom. The molecule has 1 aromatic rings. The molecular weight excluding hydrogens is 386 g/mol. The summed E-state index contributed by atoms with van der Waals surface area (Å²) < 4.78 is 10.7. The minimum Gasteiger partial charge on any atom is -0.495 e. The molecule has 1 aromatic carbocycles. The molecule has 1 atom stereocenters. The number of ether oxygens (including phenoxy) is 2. The van der Waals surface area contributed by atoms with Crippen LogP contribution < -0.4 is 10.1 Å². The summed E-state index contributed by atoms with van der Waals surface area (Å²) in [5.74, 6) is 0.677. The molecule has 3 rings (SSSR count). The van der Waals surface area contributed by atoms with Crippen molar-refractivity contribution >= 4 is 23.4 Å². The van der Waals surface area contributed by atoms with Crippen LogP contribution in [0.5, 0.6) is 5.75 Å². The van der Waals surface area contributed by atoms with Gasteiger partial charge in [0.25, 0.3) is 5.91 Å². The van der Waals surface area contributed by atoms with Gasteiger partial charge in [0, 0.05) is 45.6 Å². The number of anilines is 1. The molecule has 2 saturated heterocycles. The van der Waals surface area contributed by atoms with E-state index >= 15 is 0 Å². The molecule has 0 bridgehead atoms. The second-order valence-corrected chi connectivity index (χ2v) is 7.66. The minimum atomic E-state index is -0.297. The molecular formula is C22H31N3O5. The third kappa shape index (κ3) is 5.95. The van der Waals surface area contributed by atoms with Gasteiger partial charge in [0.15, 0.2) is 0 Å². The maximum absolute atomic E-state index is 12.4. The quantitative estimate of drug-likeness (QED) is 0.654. The molecule has 0 radical (unpaired) electrons. The Bertz CT molecular complexity index is 740. The summed E-state index contributed by atoms with van der Waals surface area (Å²) in [6, 6.07) is 7.27. The number of carbonyl (C=O) groups excluding carboxylic acids is 3. The van der Waals surface area contributed by atoms with Crippen LogP contribution in [0, 0.1) is 0 Å². The lowest BCUT2D eigenvalue weighted by Crippen LogP contribution is -2.52. The SMILES string of the molecule is COc1ccccc1NC(=O)CCCCC(=O)N1CCN(C(=O)C2CCCO2)CC1. The molecule has 0 aromatic heterocycles. The fourth-order valence-corrected chi connectivity index (χ4v) is 3.83. The van der Waals surface area contributed by atoms with Crippen molar-refractivity contribution < 1.29 is 23.9 Å². The number of nitrogens with zero attached hydrogens (tertiary/aromatic N) is 2. The highest BCUT2D eigenvalue weighted by molar-refractivity contribution is 5.92. The van der Waals surface area contributed by atoms with Gasteiger partial charge in [0.05, 0.1) is 12.8 Å². The topological polar surface area (TPSA) is 88.2 Å². The third-order valence-corrected chi connectivity index (χ3v) is 5.57. The summed E-state index contributed by atoms with van der Waals surface area (Å²) in [5, 5.41) is 2.84. The van der Waals surface area contributed by atoms with Crippen LogP contribution >= 0.6 is 0 Å². The summed E-state index contributed by atoms with van der Waals surface area (Å²) in [6.45, 7) is 2.90. The molecule has 30 heavy (non-hydrogen) atoms. The monoisotopic (exact) mass is 417 g/mol. The number of hydrogen-bond donors (Lipinski definition) is 1. The van der Waals surface area contributed by atoms with Crippen molar-refractivity contribution in [1.82, 2.24) is 9.80 Å². The number of piperazine rings is 1. The van der Waals surface area contributed by atoms with Crippen molar-refractivity contribution in [2.24, 2.45) is 0 Å². The van der Waals surface area contributed by atoms with Crippen molar-refractivity contribution in [3.63, 3.8) is 0 Å². The van der Waals surface area contributed by atoms with Gasteiger partial charge in [-0.15, -0.1) is 0 Å². The van der Waals surface area contributed by atoms with E-state index < -0.39 is 0 Å². The number of benzene rings is 1. The summed E-state index contributed by atoms with van der Waals surface area (Å²) in [6.07, 6.45) is 3.51. The second kappa shape index (κ2) is 11.0. The maximum Gasteiger partial charge on any atom is 0.251 e. The normalized spacial score (nSPS) is 18.9. The Morgan fingerprint density at radius 3 is 2.47 bits per heavy atom. The van der Waals surface area contributed by atoms with Crippen molar-refractivity contribution in [2.75, 3.05) is 45.2 Å². The van der Waals surface area contributed by atoms with Crippen LogP contribution in [-0.2, 0) is 19.1 Å². The Kier molecular flexibility index (Phi) is 8.07. The molecule has 2 fully saturated rings. The number of amides is 3. The fourth-order valence-electron chi connectivity index (χ4n) is 3.83. The molecule has 8 nitrogen and oxygen atoms in total. The van der Waals surface area contributed by atoms with Gasteiger partial charge in [-0.3, -0.25) is 14.4 Å². The maximum atomic E-state index is 12.4. The lowest BCUT2D eigenvalue weighted by Gasteiger charge is -2.35. The first kappa shape index (κ1) is 22.1. The van der Waals surface area contributed by atoms with E-state index in [0.717, 1.165) is 12.8 Å². The Hall–Kier alpha value is -2.61. The van der Waals surface area contributed by atoms with Crippen LogP contribution in [0.2, 0.25) is 0 Å². The van der Waals surface area contributed by atoms with E-state index in [1.807, 2.05) is 21.9 Å². The molecule has 0 saturated carbocycles. The van der Waals surface area contributed by atoms with E-state index in [0.29, 0.717) is 69.9 Å². The summed E-state index contributed by atoms with van der Waals surface area (Å²) in [5.41, 5.74) is 0.650. The van der Waals surface area contributed by atoms with E-state index in [1.165, 1.54) is 0 Å². The molecule has 8 heteroatoms. The largest absolute Gasteiger partial charge is 0.495 e. The number of methoxy groups -OCH3 is 1. The van der Waals surface area contributed by atoms with Crippen molar-refractivity contribution in [3.05, 3.63) is 24.3 Å². The smallest absolute Gasteiger partial charge is 0.251 e. The van der Waals surface area contributed by atoms with E-state index in [2.05, 4.69) is 5.32 Å². The van der Waals surface area contributed by atoms with Crippen LogP contribution in [0.3, 0.4) is 0 Å². The number of hydrogen-bond acceptors (Lipinski definition) is 5. The van der Waals surface area contributed by atoms with Gasteiger partial charge < -0.3 is 24.6 Å². The van der Waals surface area contributed by atoms with Gasteiger partial charge in [-0.1, -0.05) is 12.1 Å². The van der Waals surface area contributed by atoms with E-state index in [9.17, 15) is 14.4 Å². The minimum absolute atomic E-state index is 0.0562. The van der Waals surface area contributed by atoms with Gasteiger partial charge in [0.2, 0.25) is 11.8 Å². The Labute approximate surface area is 177 Å². The van der Waals surface area contributed by atoms with Gasteiger partial charge >= 0.3 is 0 Å². The molecule has 2 aliphatic heterocycles. The Morgan fingerprint density at radius 2 is 1.77 bits per heavy atom. The number of carbonyl (C=O) groups is 3. The number of nitrogens with one attached hydrogen (secondary N) is 1. The molecule has 2 aliphatic rings. The van der Waals surface area contributed by atoms with E-state index in [4.69, 9.17) is 9.47 Å². The second-order valence-electron chi connectivity index (χ2n) is 7.66. The predicted octanol–water partition coefficient (Wildman–Crippen LogP) is 2.04. The third-order valence-electron chi connectivity index (χ3n) is 5.57. The molecule has 3 amide bonds. The molecule has 1 N–H and O–H groups in total. The highest BCUT2D eigenvalue weighted by Gasteiger charge is 2.31. The summed E-state index contributed by atoms with van der Waals surface area (Å²) in [7, 11) is 1.56. The van der Waals surface area contributed by atoms with Gasteiger partial charge in [0.1, 0.15) is 11.9 Å². The molecule has 164 valence electrons. The van der Waals surface area contributed by atoms with Crippen molar-refractivity contribution in [1.29, 1.82) is 0 Å². The first-order valence-corrected chi connectivity index (χ1v) is 10.7. The fraction of sp³-hybridized carbons (Fsp3) is 0.591. The summed E-state index contributed by atoms with van der Waals surface area (Å²) in [4.78, 5) is 40.6. The standard InChI is InChI=1S/C22H31N3O5/c1-29-18-8-3-2-7-17(18)23-20(26)10-4-5-11-21(27)24-12-14-25(15-13-24)22(28)19-9-6-16-30-19/h2-3,7-8,19H,4-6,9-16H2,1H3,(H,23,26). The first-order chi connectivity index (χ1) is 14.6. The van der Waals surface area contributed by atoms with Gasteiger partial charge in [-0.2, -0.15) is 0 Å². The average molecular weight is 418 g/mol. The van der Waals surface area contributed by atoms with E-state index in [-0.39, 0.29) is 23.8 Å². The molecule has 0 aliphatic carbocycles. The van der Waals surface area contributed by atoms with Crippen molar-refractivity contribution in [3.8, 4) is 5.75 Å². The average Bonchev–Trinajstić information content (AvgIpc) is 3.31. The number of rotatable bonds is 8. The first-order valence-electron chi connectivity index (χ1n) is 10.7. The van der Waals surface area contributed by atoms with Crippen LogP contribution in [0.15, 0.2) is 24.3 Å². The zero-order chi connectivity index (χ0) is 21.3. The van der Waals surface area contributed by atoms with Gasteiger partial charge in [-0.05, 0) is 37.8 Å². The summed E-state index contributed by atoms with van der Waals surface area (Å²) >= 11 is 0. The lowest BCUT2D eigenvalue weighted by molar-refractivity contribution is -0.146. The van der Waals surface area contributed by atoms with Crippen molar-refractivity contribution in [2.45, 2.75) is 44.6 Å². The van der Waals surface area contributed by atoms with Crippen LogP contribution in [-0.4, -0.2) is 73.5 Å². The number of para-hydroxylation sites is 2. The van der Waals surface area contributed by atoms with Crippen LogP contribution in [0.1, 0.15) is 38.5 Å². The zero-order valence-corrected chi connectivity index (χ0v) is 17.6. The molecule has 2 heterocycles. The zero-order valence-electron chi connectivity index (χ0n) is 17.6. The van der Waals surface area contributed by atoms with Crippen LogP contribution in [0.25, 0.3) is 0 Å². The van der Waals surface area contributed by atoms with Crippen LogP contribution in [0.4, 0.5) is 5.69 Å². The highest BCUT2D eigenvalue weighted by atomic mass is 16.5. The van der Waals surface area contributed by atoms with Gasteiger partial charge in [-0.25, -0.2) is 0 Å².